The standard InChI is InChI=1S/C12H12N4O2/c1-8-15-11(16-18-8)7-14-12-9(6-13)4-3-5-10(12)17-2/h3-5,14H,7H2,1-2H3. The lowest BCUT2D eigenvalue weighted by Crippen LogP contribution is -2.04. The van der Waals surface area contributed by atoms with Crippen LogP contribution in [-0.4, -0.2) is 17.3 Å². The molecule has 0 aliphatic carbocycles. The monoisotopic (exact) mass is 244 g/mol. The van der Waals surface area contributed by atoms with Gasteiger partial charge in [-0.3, -0.25) is 0 Å². The number of rotatable bonds is 4. The molecule has 0 atom stereocenters. The van der Waals surface area contributed by atoms with Crippen LogP contribution in [-0.2, 0) is 6.54 Å². The van der Waals surface area contributed by atoms with Crippen molar-refractivity contribution in [2.75, 3.05) is 12.4 Å². The lowest BCUT2D eigenvalue weighted by atomic mass is 10.2. The van der Waals surface area contributed by atoms with Gasteiger partial charge in [-0.2, -0.15) is 10.2 Å². The molecule has 1 N–H and O–H groups in total. The molecule has 6 heteroatoms. The number of para-hydroxylation sites is 1. The van der Waals surface area contributed by atoms with E-state index in [0.717, 1.165) is 0 Å². The minimum absolute atomic E-state index is 0.367. The summed E-state index contributed by atoms with van der Waals surface area (Å²) in [6.07, 6.45) is 0. The first-order chi connectivity index (χ1) is 8.74. The molecule has 6 nitrogen and oxygen atoms in total. The number of methoxy groups -OCH3 is 1. The van der Waals surface area contributed by atoms with Crippen LogP contribution in [0.4, 0.5) is 5.69 Å². The molecule has 0 radical (unpaired) electrons. The summed E-state index contributed by atoms with van der Waals surface area (Å²) in [7, 11) is 1.56. The Morgan fingerprint density at radius 1 is 1.50 bits per heavy atom. The normalized spacial score (nSPS) is 9.83. The van der Waals surface area contributed by atoms with Gasteiger partial charge >= 0.3 is 0 Å². The number of aryl methyl sites for hydroxylation is 1. The molecule has 18 heavy (non-hydrogen) atoms. The van der Waals surface area contributed by atoms with Gasteiger partial charge in [0.15, 0.2) is 5.82 Å². The maximum absolute atomic E-state index is 9.04. The molecule has 0 bridgehead atoms. The second-order valence-corrected chi connectivity index (χ2v) is 3.58. The Morgan fingerprint density at radius 3 is 2.94 bits per heavy atom. The molecule has 0 aliphatic rings. The first-order valence-corrected chi connectivity index (χ1v) is 5.34. The third-order valence-corrected chi connectivity index (χ3v) is 2.36. The molecular weight excluding hydrogens is 232 g/mol. The van der Waals surface area contributed by atoms with Crippen LogP contribution in [0.1, 0.15) is 17.3 Å². The molecule has 0 fully saturated rings. The fourth-order valence-electron chi connectivity index (χ4n) is 1.56. The van der Waals surface area contributed by atoms with Gasteiger partial charge in [-0.1, -0.05) is 11.2 Å². The second kappa shape index (κ2) is 5.19. The summed E-state index contributed by atoms with van der Waals surface area (Å²) in [5.41, 5.74) is 1.14. The fourth-order valence-corrected chi connectivity index (χ4v) is 1.56. The Kier molecular flexibility index (Phi) is 3.44. The fraction of sp³-hybridized carbons (Fsp3) is 0.250. The molecule has 1 aromatic carbocycles. The van der Waals surface area contributed by atoms with Crippen molar-refractivity contribution in [1.82, 2.24) is 10.1 Å². The zero-order chi connectivity index (χ0) is 13.0. The molecule has 2 aromatic rings. The number of hydrogen-bond donors (Lipinski definition) is 1. The number of ether oxygens (including phenoxy) is 1. The van der Waals surface area contributed by atoms with Gasteiger partial charge in [0.25, 0.3) is 0 Å². The Morgan fingerprint density at radius 2 is 2.33 bits per heavy atom. The van der Waals surface area contributed by atoms with Gasteiger partial charge in [-0.25, -0.2) is 0 Å². The van der Waals surface area contributed by atoms with Crippen molar-refractivity contribution in [2.45, 2.75) is 13.5 Å². The van der Waals surface area contributed by atoms with Crippen molar-refractivity contribution in [2.24, 2.45) is 0 Å². The van der Waals surface area contributed by atoms with Crippen LogP contribution >= 0.6 is 0 Å². The van der Waals surface area contributed by atoms with Gasteiger partial charge in [0.05, 0.1) is 24.9 Å². The summed E-state index contributed by atoms with van der Waals surface area (Å²) < 4.78 is 10.1. The summed E-state index contributed by atoms with van der Waals surface area (Å²) in [4.78, 5) is 4.07. The highest BCUT2D eigenvalue weighted by Gasteiger charge is 2.10. The maximum Gasteiger partial charge on any atom is 0.223 e. The average molecular weight is 244 g/mol. The van der Waals surface area contributed by atoms with E-state index in [-0.39, 0.29) is 0 Å². The van der Waals surface area contributed by atoms with Crippen molar-refractivity contribution in [1.29, 1.82) is 5.26 Å². The zero-order valence-electron chi connectivity index (χ0n) is 10.1. The lowest BCUT2D eigenvalue weighted by Gasteiger charge is -2.10. The summed E-state index contributed by atoms with van der Waals surface area (Å²) in [6.45, 7) is 2.09. The summed E-state index contributed by atoms with van der Waals surface area (Å²) in [5, 5.41) is 15.9. The van der Waals surface area contributed by atoms with Gasteiger partial charge in [-0.15, -0.1) is 0 Å². The number of benzene rings is 1. The number of nitriles is 1. The topological polar surface area (TPSA) is 84.0 Å². The van der Waals surface area contributed by atoms with Crippen LogP contribution < -0.4 is 10.1 Å². The maximum atomic E-state index is 9.04. The molecule has 0 saturated heterocycles. The van der Waals surface area contributed by atoms with E-state index in [2.05, 4.69) is 21.5 Å². The Hall–Kier alpha value is -2.55. The lowest BCUT2D eigenvalue weighted by molar-refractivity contribution is 0.388. The predicted octanol–water partition coefficient (Wildman–Crippen LogP) is 1.87. The summed E-state index contributed by atoms with van der Waals surface area (Å²) in [6, 6.07) is 7.37. The summed E-state index contributed by atoms with van der Waals surface area (Å²) >= 11 is 0. The highest BCUT2D eigenvalue weighted by Crippen LogP contribution is 2.27. The van der Waals surface area contributed by atoms with Crippen LogP contribution in [0.2, 0.25) is 0 Å². The molecule has 0 saturated carbocycles. The number of nitrogens with one attached hydrogen (secondary N) is 1. The third kappa shape index (κ3) is 2.40. The Balaban J connectivity index is 2.20. The smallest absolute Gasteiger partial charge is 0.223 e. The number of hydrogen-bond acceptors (Lipinski definition) is 6. The van der Waals surface area contributed by atoms with Crippen molar-refractivity contribution >= 4 is 5.69 Å². The SMILES string of the molecule is COc1cccc(C#N)c1NCc1noc(C)n1. The number of aromatic nitrogens is 2. The van der Waals surface area contributed by atoms with E-state index >= 15 is 0 Å². The van der Waals surface area contributed by atoms with Gasteiger partial charge in [0.1, 0.15) is 11.8 Å². The van der Waals surface area contributed by atoms with Crippen LogP contribution in [0, 0.1) is 18.3 Å². The molecule has 0 aliphatic heterocycles. The number of nitrogens with zero attached hydrogens (tertiary/aromatic N) is 3. The molecular formula is C12H12N4O2. The van der Waals surface area contributed by atoms with E-state index in [4.69, 9.17) is 14.5 Å². The van der Waals surface area contributed by atoms with E-state index < -0.39 is 0 Å². The molecule has 92 valence electrons. The minimum atomic E-state index is 0.367. The second-order valence-electron chi connectivity index (χ2n) is 3.58. The largest absolute Gasteiger partial charge is 0.495 e. The van der Waals surface area contributed by atoms with Crippen molar-refractivity contribution in [3.63, 3.8) is 0 Å². The van der Waals surface area contributed by atoms with Crippen LogP contribution in [0.3, 0.4) is 0 Å². The van der Waals surface area contributed by atoms with Gasteiger partial charge in [0.2, 0.25) is 5.89 Å². The van der Waals surface area contributed by atoms with Gasteiger partial charge < -0.3 is 14.6 Å². The van der Waals surface area contributed by atoms with Gasteiger partial charge in [0, 0.05) is 6.92 Å². The van der Waals surface area contributed by atoms with E-state index in [9.17, 15) is 0 Å². The average Bonchev–Trinajstić information content (AvgIpc) is 2.81. The Bertz CT molecular complexity index is 586. The Labute approximate surface area is 104 Å². The number of anilines is 1. The van der Waals surface area contributed by atoms with Crippen molar-refractivity contribution < 1.29 is 9.26 Å². The van der Waals surface area contributed by atoms with Crippen molar-refractivity contribution in [3.05, 3.63) is 35.5 Å². The van der Waals surface area contributed by atoms with E-state index in [1.54, 1.807) is 32.2 Å². The highest BCUT2D eigenvalue weighted by atomic mass is 16.5. The van der Waals surface area contributed by atoms with Crippen molar-refractivity contribution in [3.8, 4) is 11.8 Å². The third-order valence-electron chi connectivity index (χ3n) is 2.36. The van der Waals surface area contributed by atoms with E-state index in [1.807, 2.05) is 0 Å². The van der Waals surface area contributed by atoms with E-state index in [0.29, 0.717) is 35.3 Å². The minimum Gasteiger partial charge on any atom is -0.495 e. The van der Waals surface area contributed by atoms with Gasteiger partial charge in [-0.05, 0) is 12.1 Å². The van der Waals surface area contributed by atoms with E-state index in [1.165, 1.54) is 0 Å². The quantitative estimate of drug-likeness (QED) is 0.883. The van der Waals surface area contributed by atoms with Crippen LogP contribution in [0.15, 0.2) is 22.7 Å². The zero-order valence-corrected chi connectivity index (χ0v) is 10.1. The van der Waals surface area contributed by atoms with Crippen LogP contribution in [0.5, 0.6) is 5.75 Å². The molecule has 1 heterocycles. The molecule has 0 spiro atoms. The first-order valence-electron chi connectivity index (χ1n) is 5.34. The summed E-state index contributed by atoms with van der Waals surface area (Å²) in [5.74, 6) is 1.64. The highest BCUT2D eigenvalue weighted by molar-refractivity contribution is 5.66. The molecule has 2 rings (SSSR count). The molecule has 0 unspecified atom stereocenters. The first kappa shape index (κ1) is 11.9. The van der Waals surface area contributed by atoms with Crippen LogP contribution in [0.25, 0.3) is 0 Å². The molecule has 1 aromatic heterocycles. The molecule has 0 amide bonds. The predicted molar refractivity (Wildman–Crippen MR) is 64.1 cm³/mol.